The van der Waals surface area contributed by atoms with Crippen LogP contribution in [0.15, 0.2) is 10.9 Å². The molecule has 1 unspecified atom stereocenters. The minimum Gasteiger partial charge on any atom is -0.378 e. The van der Waals surface area contributed by atoms with Gasteiger partial charge in [0.15, 0.2) is 0 Å². The number of nitrogens with one attached hydrogen (secondary N) is 1. The van der Waals surface area contributed by atoms with Crippen molar-refractivity contribution in [1.29, 1.82) is 0 Å². The second-order valence-corrected chi connectivity index (χ2v) is 4.90. The van der Waals surface area contributed by atoms with Gasteiger partial charge in [-0.3, -0.25) is 0 Å². The molecule has 92 valence electrons. The van der Waals surface area contributed by atoms with E-state index in [-0.39, 0.29) is 0 Å². The van der Waals surface area contributed by atoms with Crippen LogP contribution in [0.5, 0.6) is 0 Å². The van der Waals surface area contributed by atoms with Crippen molar-refractivity contribution in [3.8, 4) is 0 Å². The molecule has 1 rings (SSSR count). The smallest absolute Gasteiger partial charge is 0.0795 e. The average molecular weight is 242 g/mol. The molecule has 1 aromatic heterocycles. The Bertz CT molecular complexity index is 262. The quantitative estimate of drug-likeness (QED) is 0.712. The summed E-state index contributed by atoms with van der Waals surface area (Å²) in [7, 11) is 0. The first-order valence-electron chi connectivity index (χ1n) is 5.93. The van der Waals surface area contributed by atoms with E-state index >= 15 is 0 Å². The van der Waals surface area contributed by atoms with Crippen LogP contribution in [-0.2, 0) is 11.3 Å². The third-order valence-electron chi connectivity index (χ3n) is 2.52. The minimum absolute atomic E-state index is 0.368. The van der Waals surface area contributed by atoms with E-state index < -0.39 is 0 Å². The number of aromatic nitrogens is 1. The summed E-state index contributed by atoms with van der Waals surface area (Å²) in [6.45, 7) is 9.12. The third kappa shape index (κ3) is 5.05. The fourth-order valence-corrected chi connectivity index (χ4v) is 2.17. The Kier molecular flexibility index (Phi) is 6.61. The molecule has 0 aliphatic heterocycles. The van der Waals surface area contributed by atoms with Gasteiger partial charge in [-0.05, 0) is 25.8 Å². The highest BCUT2D eigenvalue weighted by Crippen LogP contribution is 2.10. The van der Waals surface area contributed by atoms with Crippen molar-refractivity contribution >= 4 is 11.3 Å². The van der Waals surface area contributed by atoms with E-state index in [4.69, 9.17) is 4.74 Å². The lowest BCUT2D eigenvalue weighted by atomic mass is 10.0. The zero-order valence-electron chi connectivity index (χ0n) is 10.4. The number of hydrogen-bond acceptors (Lipinski definition) is 4. The molecule has 1 heterocycles. The molecular formula is C12H22N2OS. The Hall–Kier alpha value is -0.450. The lowest BCUT2D eigenvalue weighted by Gasteiger charge is -2.20. The predicted octanol–water partition coefficient (Wildman–Crippen LogP) is 2.68. The van der Waals surface area contributed by atoms with Crippen molar-refractivity contribution in [1.82, 2.24) is 10.3 Å². The summed E-state index contributed by atoms with van der Waals surface area (Å²) in [6.07, 6.45) is 1.43. The third-order valence-corrected chi connectivity index (χ3v) is 3.15. The topological polar surface area (TPSA) is 34.1 Å². The monoisotopic (exact) mass is 242 g/mol. The van der Waals surface area contributed by atoms with Crippen molar-refractivity contribution in [2.45, 2.75) is 39.8 Å². The normalized spacial score (nSPS) is 13.2. The van der Waals surface area contributed by atoms with Crippen LogP contribution in [0.1, 0.15) is 32.9 Å². The highest BCUT2D eigenvalue weighted by molar-refractivity contribution is 7.07. The highest BCUT2D eigenvalue weighted by atomic mass is 32.1. The van der Waals surface area contributed by atoms with E-state index in [1.807, 2.05) is 5.51 Å². The van der Waals surface area contributed by atoms with Gasteiger partial charge in [-0.25, -0.2) is 4.98 Å². The summed E-state index contributed by atoms with van der Waals surface area (Å²) >= 11 is 1.64. The van der Waals surface area contributed by atoms with Gasteiger partial charge in [0.05, 0.1) is 17.3 Å². The summed E-state index contributed by atoms with van der Waals surface area (Å²) in [5, 5.41) is 5.47. The first-order valence-corrected chi connectivity index (χ1v) is 6.87. The molecule has 4 heteroatoms. The summed E-state index contributed by atoms with van der Waals surface area (Å²) in [5.41, 5.74) is 3.00. The second-order valence-electron chi connectivity index (χ2n) is 4.18. The highest BCUT2D eigenvalue weighted by Gasteiger charge is 2.12. The van der Waals surface area contributed by atoms with Crippen LogP contribution < -0.4 is 5.32 Å². The maximum atomic E-state index is 5.69. The van der Waals surface area contributed by atoms with Crippen molar-refractivity contribution in [3.05, 3.63) is 16.6 Å². The van der Waals surface area contributed by atoms with Crippen LogP contribution in [0.4, 0.5) is 0 Å². The fourth-order valence-electron chi connectivity index (χ4n) is 1.61. The van der Waals surface area contributed by atoms with Gasteiger partial charge in [-0.2, -0.15) is 0 Å². The largest absolute Gasteiger partial charge is 0.378 e. The Morgan fingerprint density at radius 2 is 2.31 bits per heavy atom. The Morgan fingerprint density at radius 3 is 2.88 bits per heavy atom. The van der Waals surface area contributed by atoms with E-state index in [0.717, 1.165) is 31.8 Å². The van der Waals surface area contributed by atoms with Crippen LogP contribution >= 0.6 is 11.3 Å². The lowest BCUT2D eigenvalue weighted by Crippen LogP contribution is -2.26. The molecule has 1 atom stereocenters. The number of thiazole rings is 1. The van der Waals surface area contributed by atoms with Crippen molar-refractivity contribution in [2.75, 3.05) is 13.2 Å². The van der Waals surface area contributed by atoms with Crippen LogP contribution in [0.25, 0.3) is 0 Å². The number of hydrogen-bond donors (Lipinski definition) is 1. The number of ether oxygens (including phenoxy) is 1. The van der Waals surface area contributed by atoms with Gasteiger partial charge in [-0.1, -0.05) is 13.8 Å². The molecule has 16 heavy (non-hydrogen) atoms. The Balaban J connectivity index is 2.13. The summed E-state index contributed by atoms with van der Waals surface area (Å²) in [5.74, 6) is 0.584. The van der Waals surface area contributed by atoms with Gasteiger partial charge in [0.1, 0.15) is 0 Å². The molecule has 1 N–H and O–H groups in total. The van der Waals surface area contributed by atoms with Crippen molar-refractivity contribution < 1.29 is 4.74 Å². The van der Waals surface area contributed by atoms with Crippen LogP contribution in [0, 0.1) is 5.92 Å². The van der Waals surface area contributed by atoms with Gasteiger partial charge in [0.2, 0.25) is 0 Å². The van der Waals surface area contributed by atoms with E-state index in [1.54, 1.807) is 11.3 Å². The molecule has 0 radical (unpaired) electrons. The van der Waals surface area contributed by atoms with Crippen LogP contribution in [-0.4, -0.2) is 24.2 Å². The molecular weight excluding hydrogens is 220 g/mol. The molecule has 0 amide bonds. The molecule has 1 aromatic rings. The number of rotatable bonds is 8. The van der Waals surface area contributed by atoms with Gasteiger partial charge in [0.25, 0.3) is 0 Å². The summed E-state index contributed by atoms with van der Waals surface area (Å²) in [4.78, 5) is 4.23. The van der Waals surface area contributed by atoms with Crippen molar-refractivity contribution in [2.24, 2.45) is 5.92 Å². The van der Waals surface area contributed by atoms with E-state index in [9.17, 15) is 0 Å². The molecule has 0 saturated carbocycles. The minimum atomic E-state index is 0.368. The fraction of sp³-hybridized carbons (Fsp3) is 0.750. The SMILES string of the molecule is CCOC(CCNCc1cscn1)C(C)C. The zero-order chi connectivity index (χ0) is 11.8. The maximum Gasteiger partial charge on any atom is 0.0795 e. The average Bonchev–Trinajstić information content (AvgIpc) is 2.75. The maximum absolute atomic E-state index is 5.69. The Labute approximate surface area is 102 Å². The molecule has 3 nitrogen and oxygen atoms in total. The van der Waals surface area contributed by atoms with E-state index in [0.29, 0.717) is 12.0 Å². The van der Waals surface area contributed by atoms with E-state index in [2.05, 4.69) is 36.5 Å². The molecule has 0 bridgehead atoms. The van der Waals surface area contributed by atoms with Gasteiger partial charge < -0.3 is 10.1 Å². The molecule has 0 aliphatic carbocycles. The summed E-state index contributed by atoms with van der Waals surface area (Å²) in [6, 6.07) is 0. The Morgan fingerprint density at radius 1 is 1.50 bits per heavy atom. The first kappa shape index (κ1) is 13.6. The zero-order valence-corrected chi connectivity index (χ0v) is 11.2. The molecule has 0 aliphatic rings. The molecule has 0 fully saturated rings. The van der Waals surface area contributed by atoms with Crippen molar-refractivity contribution in [3.63, 3.8) is 0 Å². The van der Waals surface area contributed by atoms with Crippen LogP contribution in [0.3, 0.4) is 0 Å². The lowest BCUT2D eigenvalue weighted by molar-refractivity contribution is 0.0250. The molecule has 0 saturated heterocycles. The van der Waals surface area contributed by atoms with Gasteiger partial charge in [0, 0.05) is 18.5 Å². The van der Waals surface area contributed by atoms with E-state index in [1.165, 1.54) is 0 Å². The van der Waals surface area contributed by atoms with Gasteiger partial charge in [-0.15, -0.1) is 11.3 Å². The predicted molar refractivity (Wildman–Crippen MR) is 68.7 cm³/mol. The van der Waals surface area contributed by atoms with Crippen LogP contribution in [0.2, 0.25) is 0 Å². The number of nitrogens with zero attached hydrogens (tertiary/aromatic N) is 1. The van der Waals surface area contributed by atoms with Gasteiger partial charge >= 0.3 is 0 Å². The first-order chi connectivity index (χ1) is 7.74. The molecule has 0 aromatic carbocycles. The second kappa shape index (κ2) is 7.76. The molecule has 0 spiro atoms. The summed E-state index contributed by atoms with van der Waals surface area (Å²) < 4.78 is 5.69. The standard InChI is InChI=1S/C12H22N2OS/c1-4-15-12(10(2)3)5-6-13-7-11-8-16-9-14-11/h8-10,12-13H,4-7H2,1-3H3.